The summed E-state index contributed by atoms with van der Waals surface area (Å²) in [5, 5.41) is 3.23. The van der Waals surface area contributed by atoms with E-state index in [1.165, 1.54) is 6.07 Å². The SMILES string of the molecule is Fc1cc(C2CNCCO2)cc2c1OCCCO2. The topological polar surface area (TPSA) is 39.7 Å². The van der Waals surface area contributed by atoms with Crippen LogP contribution in [0.25, 0.3) is 0 Å². The van der Waals surface area contributed by atoms with E-state index in [0.29, 0.717) is 32.1 Å². The fourth-order valence-electron chi connectivity index (χ4n) is 2.22. The number of rotatable bonds is 1. The second-order valence-corrected chi connectivity index (χ2v) is 4.44. The highest BCUT2D eigenvalue weighted by molar-refractivity contribution is 5.45. The first-order valence-corrected chi connectivity index (χ1v) is 6.26. The fourth-order valence-corrected chi connectivity index (χ4v) is 2.22. The molecule has 5 heteroatoms. The molecular formula is C13H16FNO3. The molecule has 2 heterocycles. The maximum Gasteiger partial charge on any atom is 0.197 e. The summed E-state index contributed by atoms with van der Waals surface area (Å²) >= 11 is 0. The lowest BCUT2D eigenvalue weighted by molar-refractivity contribution is 0.0273. The van der Waals surface area contributed by atoms with Crippen molar-refractivity contribution in [2.24, 2.45) is 0 Å². The van der Waals surface area contributed by atoms with E-state index < -0.39 is 0 Å². The van der Waals surface area contributed by atoms with Crippen LogP contribution >= 0.6 is 0 Å². The Bertz CT molecular complexity index is 432. The Hall–Kier alpha value is -1.33. The van der Waals surface area contributed by atoms with Crippen molar-refractivity contribution in [1.29, 1.82) is 0 Å². The minimum Gasteiger partial charge on any atom is -0.489 e. The standard InChI is InChI=1S/C13H16FNO3/c14-10-6-9(12-8-15-2-5-17-12)7-11-13(10)18-4-1-3-16-11/h6-7,12,15H,1-5,8H2. The summed E-state index contributed by atoms with van der Waals surface area (Å²) in [5.41, 5.74) is 0.795. The molecule has 2 aliphatic rings. The molecule has 1 fully saturated rings. The lowest BCUT2D eigenvalue weighted by Crippen LogP contribution is -2.33. The van der Waals surface area contributed by atoms with E-state index in [2.05, 4.69) is 5.32 Å². The average Bonchev–Trinajstić information content (AvgIpc) is 2.65. The summed E-state index contributed by atoms with van der Waals surface area (Å²) in [5.74, 6) is 0.329. The molecule has 98 valence electrons. The van der Waals surface area contributed by atoms with Crippen molar-refractivity contribution in [3.05, 3.63) is 23.5 Å². The molecule has 0 radical (unpaired) electrons. The largest absolute Gasteiger partial charge is 0.489 e. The monoisotopic (exact) mass is 253 g/mol. The number of halogens is 1. The van der Waals surface area contributed by atoms with Crippen molar-refractivity contribution in [2.45, 2.75) is 12.5 Å². The predicted molar refractivity (Wildman–Crippen MR) is 63.6 cm³/mol. The summed E-state index contributed by atoms with van der Waals surface area (Å²) < 4.78 is 30.5. The highest BCUT2D eigenvalue weighted by Gasteiger charge is 2.22. The van der Waals surface area contributed by atoms with Gasteiger partial charge in [0.05, 0.1) is 25.9 Å². The molecule has 1 N–H and O–H groups in total. The van der Waals surface area contributed by atoms with Crippen LogP contribution in [0.3, 0.4) is 0 Å². The van der Waals surface area contributed by atoms with Gasteiger partial charge in [0, 0.05) is 19.5 Å². The van der Waals surface area contributed by atoms with E-state index in [1.807, 2.05) is 6.07 Å². The van der Waals surface area contributed by atoms with Gasteiger partial charge in [0.1, 0.15) is 0 Å². The molecule has 0 aromatic heterocycles. The van der Waals surface area contributed by atoms with E-state index in [1.54, 1.807) is 0 Å². The number of hydrogen-bond acceptors (Lipinski definition) is 4. The Kier molecular flexibility index (Phi) is 3.34. The molecule has 0 saturated carbocycles. The van der Waals surface area contributed by atoms with E-state index in [0.717, 1.165) is 18.5 Å². The van der Waals surface area contributed by atoms with E-state index in [9.17, 15) is 4.39 Å². The molecule has 18 heavy (non-hydrogen) atoms. The third kappa shape index (κ3) is 2.28. The molecule has 1 saturated heterocycles. The second kappa shape index (κ2) is 5.12. The van der Waals surface area contributed by atoms with Crippen LogP contribution in [0.15, 0.2) is 12.1 Å². The van der Waals surface area contributed by atoms with Crippen LogP contribution in [-0.4, -0.2) is 32.9 Å². The smallest absolute Gasteiger partial charge is 0.197 e. The number of fused-ring (bicyclic) bond motifs is 1. The molecule has 2 aliphatic heterocycles. The molecule has 0 aliphatic carbocycles. The van der Waals surface area contributed by atoms with Crippen molar-refractivity contribution in [2.75, 3.05) is 32.9 Å². The van der Waals surface area contributed by atoms with Gasteiger partial charge in [-0.3, -0.25) is 0 Å². The summed E-state index contributed by atoms with van der Waals surface area (Å²) in [6.45, 7) is 3.22. The molecule has 1 atom stereocenters. The third-order valence-corrected chi connectivity index (χ3v) is 3.12. The summed E-state index contributed by atoms with van der Waals surface area (Å²) in [7, 11) is 0. The third-order valence-electron chi connectivity index (χ3n) is 3.12. The van der Waals surface area contributed by atoms with Gasteiger partial charge in [0.25, 0.3) is 0 Å². The maximum atomic E-state index is 14.0. The van der Waals surface area contributed by atoms with E-state index in [-0.39, 0.29) is 17.7 Å². The highest BCUT2D eigenvalue weighted by atomic mass is 19.1. The van der Waals surface area contributed by atoms with Crippen molar-refractivity contribution in [3.8, 4) is 11.5 Å². The zero-order chi connectivity index (χ0) is 12.4. The molecule has 0 amide bonds. The van der Waals surface area contributed by atoms with Crippen molar-refractivity contribution >= 4 is 0 Å². The predicted octanol–water partition coefficient (Wildman–Crippen LogP) is 1.65. The molecule has 1 aromatic carbocycles. The molecule has 1 unspecified atom stereocenters. The Labute approximate surface area is 105 Å². The maximum absolute atomic E-state index is 14.0. The minimum absolute atomic E-state index is 0.120. The van der Waals surface area contributed by atoms with Gasteiger partial charge in [-0.1, -0.05) is 0 Å². The van der Waals surface area contributed by atoms with Crippen LogP contribution in [0, 0.1) is 5.82 Å². The lowest BCUT2D eigenvalue weighted by atomic mass is 10.1. The number of hydrogen-bond donors (Lipinski definition) is 1. The summed E-state index contributed by atoms with van der Waals surface area (Å²) in [6.07, 6.45) is 0.649. The molecule has 3 rings (SSSR count). The molecular weight excluding hydrogens is 237 g/mol. The second-order valence-electron chi connectivity index (χ2n) is 4.44. The van der Waals surface area contributed by atoms with E-state index in [4.69, 9.17) is 14.2 Å². The van der Waals surface area contributed by atoms with Crippen LogP contribution in [0.4, 0.5) is 4.39 Å². The van der Waals surface area contributed by atoms with Gasteiger partial charge in [0.15, 0.2) is 17.3 Å². The van der Waals surface area contributed by atoms with Crippen molar-refractivity contribution < 1.29 is 18.6 Å². The van der Waals surface area contributed by atoms with Crippen molar-refractivity contribution in [3.63, 3.8) is 0 Å². The van der Waals surface area contributed by atoms with Crippen LogP contribution in [0.5, 0.6) is 11.5 Å². The molecule has 0 spiro atoms. The fraction of sp³-hybridized carbons (Fsp3) is 0.538. The Morgan fingerprint density at radius 2 is 2.06 bits per heavy atom. The zero-order valence-electron chi connectivity index (χ0n) is 10.1. The van der Waals surface area contributed by atoms with Gasteiger partial charge >= 0.3 is 0 Å². The van der Waals surface area contributed by atoms with Gasteiger partial charge < -0.3 is 19.5 Å². The normalized spacial score (nSPS) is 23.5. The first-order chi connectivity index (χ1) is 8.84. The van der Waals surface area contributed by atoms with Gasteiger partial charge in [-0.05, 0) is 17.7 Å². The Morgan fingerprint density at radius 3 is 2.89 bits per heavy atom. The van der Waals surface area contributed by atoms with Gasteiger partial charge in [0.2, 0.25) is 0 Å². The average molecular weight is 253 g/mol. The first kappa shape index (κ1) is 11.7. The Balaban J connectivity index is 1.91. The first-order valence-electron chi connectivity index (χ1n) is 6.26. The molecule has 1 aromatic rings. The highest BCUT2D eigenvalue weighted by Crippen LogP contribution is 2.36. The lowest BCUT2D eigenvalue weighted by Gasteiger charge is -2.24. The van der Waals surface area contributed by atoms with Crippen molar-refractivity contribution in [1.82, 2.24) is 5.32 Å². The zero-order valence-corrected chi connectivity index (χ0v) is 10.1. The Morgan fingerprint density at radius 1 is 1.17 bits per heavy atom. The number of nitrogens with one attached hydrogen (secondary N) is 1. The van der Waals surface area contributed by atoms with Crippen LogP contribution in [0.1, 0.15) is 18.1 Å². The number of morpholine rings is 1. The summed E-state index contributed by atoms with van der Waals surface area (Å²) in [6, 6.07) is 3.30. The van der Waals surface area contributed by atoms with Crippen LogP contribution in [0.2, 0.25) is 0 Å². The minimum atomic E-state index is -0.376. The van der Waals surface area contributed by atoms with Gasteiger partial charge in [-0.15, -0.1) is 0 Å². The number of ether oxygens (including phenoxy) is 3. The van der Waals surface area contributed by atoms with Crippen LogP contribution < -0.4 is 14.8 Å². The van der Waals surface area contributed by atoms with Gasteiger partial charge in [-0.2, -0.15) is 0 Å². The van der Waals surface area contributed by atoms with Crippen LogP contribution in [-0.2, 0) is 4.74 Å². The molecule has 0 bridgehead atoms. The number of benzene rings is 1. The quantitative estimate of drug-likeness (QED) is 0.826. The van der Waals surface area contributed by atoms with E-state index >= 15 is 0 Å². The molecule has 4 nitrogen and oxygen atoms in total. The summed E-state index contributed by atoms with van der Waals surface area (Å²) in [4.78, 5) is 0. The van der Waals surface area contributed by atoms with Gasteiger partial charge in [-0.25, -0.2) is 4.39 Å².